The molecule has 0 bridgehead atoms. The summed E-state index contributed by atoms with van der Waals surface area (Å²) >= 11 is 0. The van der Waals surface area contributed by atoms with E-state index in [0.717, 1.165) is 13.0 Å². The van der Waals surface area contributed by atoms with E-state index in [4.69, 9.17) is 10.5 Å². The summed E-state index contributed by atoms with van der Waals surface area (Å²) in [6.45, 7) is 8.96. The number of nitrogens with zero attached hydrogens (tertiary/aromatic N) is 1. The number of rotatable bonds is 7. The van der Waals surface area contributed by atoms with Gasteiger partial charge in [-0.15, -0.1) is 0 Å². The Kier molecular flexibility index (Phi) is 6.45. The molecule has 3 nitrogen and oxygen atoms in total. The van der Waals surface area contributed by atoms with Gasteiger partial charge in [0.1, 0.15) is 0 Å². The summed E-state index contributed by atoms with van der Waals surface area (Å²) in [6.07, 6.45) is 6.69. The molecule has 102 valence electrons. The third kappa shape index (κ3) is 4.23. The molecule has 1 heterocycles. The normalized spacial score (nSPS) is 22.6. The summed E-state index contributed by atoms with van der Waals surface area (Å²) in [7, 11) is 1.76. The van der Waals surface area contributed by atoms with Gasteiger partial charge in [0.2, 0.25) is 0 Å². The number of ether oxygens (including phenoxy) is 1. The van der Waals surface area contributed by atoms with Gasteiger partial charge in [0.15, 0.2) is 0 Å². The van der Waals surface area contributed by atoms with Crippen LogP contribution in [0.15, 0.2) is 0 Å². The van der Waals surface area contributed by atoms with Crippen molar-refractivity contribution in [3.05, 3.63) is 0 Å². The highest BCUT2D eigenvalue weighted by Gasteiger charge is 2.30. The van der Waals surface area contributed by atoms with E-state index in [1.54, 1.807) is 7.11 Å². The van der Waals surface area contributed by atoms with E-state index in [1.165, 1.54) is 38.8 Å². The minimum absolute atomic E-state index is 0.235. The molecule has 0 radical (unpaired) electrons. The molecule has 0 spiro atoms. The van der Waals surface area contributed by atoms with Crippen molar-refractivity contribution in [1.29, 1.82) is 0 Å². The number of hydrogen-bond donors (Lipinski definition) is 1. The first-order chi connectivity index (χ1) is 8.19. The molecule has 1 aliphatic heterocycles. The van der Waals surface area contributed by atoms with Crippen molar-refractivity contribution in [3.8, 4) is 0 Å². The highest BCUT2D eigenvalue weighted by atomic mass is 16.5. The molecule has 1 aliphatic rings. The van der Waals surface area contributed by atoms with Crippen LogP contribution in [0.3, 0.4) is 0 Å². The second-order valence-electron chi connectivity index (χ2n) is 5.43. The van der Waals surface area contributed by atoms with E-state index in [-0.39, 0.29) is 6.10 Å². The van der Waals surface area contributed by atoms with Gasteiger partial charge in [-0.25, -0.2) is 0 Å². The third-order valence-corrected chi connectivity index (χ3v) is 4.78. The lowest BCUT2D eigenvalue weighted by molar-refractivity contribution is 0.0627. The molecule has 2 N–H and O–H groups in total. The third-order valence-electron chi connectivity index (χ3n) is 4.78. The van der Waals surface area contributed by atoms with E-state index >= 15 is 0 Å². The standard InChI is InChI=1S/C14H30N2O/c1-4-14(5-2)7-10-16(11-8-14)9-6-13(12-15)17-3/h13H,4-12,15H2,1-3H3. The van der Waals surface area contributed by atoms with Crippen molar-refractivity contribution in [3.63, 3.8) is 0 Å². The van der Waals surface area contributed by atoms with Gasteiger partial charge in [-0.05, 0) is 37.8 Å². The molecular formula is C14H30N2O. The minimum atomic E-state index is 0.235. The van der Waals surface area contributed by atoms with E-state index in [1.807, 2.05) is 0 Å². The molecule has 1 saturated heterocycles. The van der Waals surface area contributed by atoms with Crippen LogP contribution in [0.1, 0.15) is 46.0 Å². The zero-order valence-corrected chi connectivity index (χ0v) is 11.9. The van der Waals surface area contributed by atoms with E-state index in [2.05, 4.69) is 18.7 Å². The Balaban J connectivity index is 2.27. The van der Waals surface area contributed by atoms with Gasteiger partial charge in [-0.1, -0.05) is 26.7 Å². The molecule has 0 aromatic heterocycles. The Morgan fingerprint density at radius 3 is 2.24 bits per heavy atom. The Morgan fingerprint density at radius 2 is 1.82 bits per heavy atom. The molecular weight excluding hydrogens is 212 g/mol. The number of hydrogen-bond acceptors (Lipinski definition) is 3. The lowest BCUT2D eigenvalue weighted by Gasteiger charge is -2.41. The number of methoxy groups -OCH3 is 1. The van der Waals surface area contributed by atoms with E-state index < -0.39 is 0 Å². The quantitative estimate of drug-likeness (QED) is 0.744. The van der Waals surface area contributed by atoms with Crippen molar-refractivity contribution < 1.29 is 4.74 Å². The highest BCUT2D eigenvalue weighted by molar-refractivity contribution is 4.84. The fourth-order valence-electron chi connectivity index (χ4n) is 2.87. The first kappa shape index (κ1) is 14.9. The average Bonchev–Trinajstić information content (AvgIpc) is 2.41. The van der Waals surface area contributed by atoms with Gasteiger partial charge in [0, 0.05) is 20.2 Å². The molecule has 1 fully saturated rings. The maximum Gasteiger partial charge on any atom is 0.0705 e. The van der Waals surface area contributed by atoms with Gasteiger partial charge >= 0.3 is 0 Å². The maximum absolute atomic E-state index is 5.64. The van der Waals surface area contributed by atoms with Crippen LogP contribution in [-0.2, 0) is 4.74 Å². The number of likely N-dealkylation sites (tertiary alicyclic amines) is 1. The van der Waals surface area contributed by atoms with Crippen LogP contribution in [0.2, 0.25) is 0 Å². The highest BCUT2D eigenvalue weighted by Crippen LogP contribution is 2.37. The lowest BCUT2D eigenvalue weighted by atomic mass is 9.74. The predicted molar refractivity (Wildman–Crippen MR) is 73.2 cm³/mol. The first-order valence-electron chi connectivity index (χ1n) is 7.15. The lowest BCUT2D eigenvalue weighted by Crippen LogP contribution is -2.41. The topological polar surface area (TPSA) is 38.5 Å². The summed E-state index contributed by atoms with van der Waals surface area (Å²) in [4.78, 5) is 2.57. The molecule has 3 heteroatoms. The van der Waals surface area contributed by atoms with Gasteiger partial charge in [-0.2, -0.15) is 0 Å². The molecule has 1 unspecified atom stereocenters. The van der Waals surface area contributed by atoms with Crippen LogP contribution >= 0.6 is 0 Å². The Morgan fingerprint density at radius 1 is 1.24 bits per heavy atom. The van der Waals surface area contributed by atoms with Gasteiger partial charge in [0.05, 0.1) is 6.10 Å². The molecule has 0 aromatic carbocycles. The van der Waals surface area contributed by atoms with Crippen LogP contribution in [0, 0.1) is 5.41 Å². The summed E-state index contributed by atoms with van der Waals surface area (Å²) in [5.41, 5.74) is 6.27. The van der Waals surface area contributed by atoms with Crippen molar-refractivity contribution in [2.24, 2.45) is 11.1 Å². The van der Waals surface area contributed by atoms with Crippen LogP contribution in [-0.4, -0.2) is 44.3 Å². The van der Waals surface area contributed by atoms with Crippen molar-refractivity contribution in [1.82, 2.24) is 4.90 Å². The second-order valence-corrected chi connectivity index (χ2v) is 5.43. The number of nitrogens with two attached hydrogens (primary N) is 1. The van der Waals surface area contributed by atoms with Crippen LogP contribution in [0.25, 0.3) is 0 Å². The van der Waals surface area contributed by atoms with Gasteiger partial charge < -0.3 is 15.4 Å². The molecule has 0 aliphatic carbocycles. The SMILES string of the molecule is CCC1(CC)CCN(CCC(CN)OC)CC1. The molecule has 17 heavy (non-hydrogen) atoms. The van der Waals surface area contributed by atoms with Crippen LogP contribution in [0.5, 0.6) is 0 Å². The largest absolute Gasteiger partial charge is 0.380 e. The molecule has 0 aromatic rings. The maximum atomic E-state index is 5.64. The Bertz CT molecular complexity index is 188. The smallest absolute Gasteiger partial charge is 0.0705 e. The Labute approximate surface area is 107 Å². The summed E-state index contributed by atoms with van der Waals surface area (Å²) in [6, 6.07) is 0. The fourth-order valence-corrected chi connectivity index (χ4v) is 2.87. The monoisotopic (exact) mass is 242 g/mol. The van der Waals surface area contributed by atoms with Crippen molar-refractivity contribution >= 4 is 0 Å². The molecule has 1 atom stereocenters. The van der Waals surface area contributed by atoms with Crippen LogP contribution < -0.4 is 5.73 Å². The minimum Gasteiger partial charge on any atom is -0.380 e. The van der Waals surface area contributed by atoms with Crippen molar-refractivity contribution in [2.75, 3.05) is 33.3 Å². The Hall–Kier alpha value is -0.120. The van der Waals surface area contributed by atoms with Gasteiger partial charge in [-0.3, -0.25) is 0 Å². The molecule has 0 saturated carbocycles. The zero-order valence-electron chi connectivity index (χ0n) is 11.9. The summed E-state index contributed by atoms with van der Waals surface area (Å²) < 4.78 is 5.32. The fraction of sp³-hybridized carbons (Fsp3) is 1.00. The zero-order chi connectivity index (χ0) is 12.7. The molecule has 1 rings (SSSR count). The summed E-state index contributed by atoms with van der Waals surface area (Å²) in [5, 5.41) is 0. The van der Waals surface area contributed by atoms with E-state index in [0.29, 0.717) is 12.0 Å². The summed E-state index contributed by atoms with van der Waals surface area (Å²) in [5.74, 6) is 0. The second kappa shape index (κ2) is 7.34. The molecule has 0 amide bonds. The van der Waals surface area contributed by atoms with E-state index in [9.17, 15) is 0 Å². The van der Waals surface area contributed by atoms with Crippen LogP contribution in [0.4, 0.5) is 0 Å². The first-order valence-corrected chi connectivity index (χ1v) is 7.15. The number of piperidine rings is 1. The predicted octanol–water partition coefficient (Wildman–Crippen LogP) is 2.25. The van der Waals surface area contributed by atoms with Crippen molar-refractivity contribution in [2.45, 2.75) is 52.1 Å². The average molecular weight is 242 g/mol. The van der Waals surface area contributed by atoms with Gasteiger partial charge in [0.25, 0.3) is 0 Å².